The summed E-state index contributed by atoms with van der Waals surface area (Å²) in [6.07, 6.45) is -3.29. The fourth-order valence-electron chi connectivity index (χ4n) is 3.68. The Kier molecular flexibility index (Phi) is 5.19. The number of cyclic esters (lactones) is 2. The third kappa shape index (κ3) is 3.59. The number of carbonyl (C=O) groups is 2. The van der Waals surface area contributed by atoms with Crippen molar-refractivity contribution < 1.29 is 42.7 Å². The second-order valence-corrected chi connectivity index (χ2v) is 7.00. The van der Waals surface area contributed by atoms with Crippen LogP contribution in [0, 0.1) is 5.41 Å². The summed E-state index contributed by atoms with van der Waals surface area (Å²) >= 11 is 0. The molecule has 3 aliphatic rings. The van der Waals surface area contributed by atoms with E-state index in [1.165, 1.54) is 6.92 Å². The lowest BCUT2D eigenvalue weighted by Crippen LogP contribution is -2.66. The van der Waals surface area contributed by atoms with E-state index in [1.807, 2.05) is 13.8 Å². The summed E-state index contributed by atoms with van der Waals surface area (Å²) < 4.78 is 38.2. The zero-order valence-corrected chi connectivity index (χ0v) is 14.8. The van der Waals surface area contributed by atoms with Crippen LogP contribution in [0.15, 0.2) is 0 Å². The van der Waals surface area contributed by atoms with Crippen molar-refractivity contribution in [2.45, 2.75) is 64.0 Å². The molecule has 0 aromatic carbocycles. The number of hydrogen-bond donors (Lipinski definition) is 0. The van der Waals surface area contributed by atoms with Crippen molar-refractivity contribution in [2.24, 2.45) is 5.41 Å². The normalized spacial score (nSPS) is 39.9. The molecule has 0 spiro atoms. The van der Waals surface area contributed by atoms with Crippen LogP contribution in [0.1, 0.15) is 27.2 Å². The van der Waals surface area contributed by atoms with Crippen molar-refractivity contribution >= 4 is 12.1 Å². The minimum Gasteiger partial charge on any atom is -0.433 e. The molecule has 0 saturated carbocycles. The van der Waals surface area contributed by atoms with E-state index in [-0.39, 0.29) is 25.6 Å². The molecule has 0 aromatic heterocycles. The van der Waals surface area contributed by atoms with Gasteiger partial charge in [0.25, 0.3) is 0 Å². The lowest BCUT2D eigenvalue weighted by molar-refractivity contribution is -0.362. The molecule has 25 heavy (non-hydrogen) atoms. The van der Waals surface area contributed by atoms with Crippen LogP contribution in [0.3, 0.4) is 0 Å². The van der Waals surface area contributed by atoms with Crippen LogP contribution in [0.25, 0.3) is 0 Å². The first kappa shape index (κ1) is 18.4. The Hall–Kier alpha value is -1.42. The van der Waals surface area contributed by atoms with Gasteiger partial charge in [-0.05, 0) is 0 Å². The third-order valence-electron chi connectivity index (χ3n) is 4.93. The molecule has 9 nitrogen and oxygen atoms in total. The van der Waals surface area contributed by atoms with Gasteiger partial charge in [-0.1, -0.05) is 13.8 Å². The summed E-state index contributed by atoms with van der Waals surface area (Å²) in [5, 5.41) is 0. The van der Waals surface area contributed by atoms with E-state index in [2.05, 4.69) is 0 Å². The highest BCUT2D eigenvalue weighted by Gasteiger charge is 2.57. The van der Waals surface area contributed by atoms with Crippen LogP contribution in [-0.4, -0.2) is 69.4 Å². The first-order valence-corrected chi connectivity index (χ1v) is 8.25. The van der Waals surface area contributed by atoms with Gasteiger partial charge < -0.3 is 33.2 Å². The summed E-state index contributed by atoms with van der Waals surface area (Å²) in [4.78, 5) is 22.5. The van der Waals surface area contributed by atoms with Crippen molar-refractivity contribution in [3.63, 3.8) is 0 Å². The van der Waals surface area contributed by atoms with Crippen molar-refractivity contribution in [2.75, 3.05) is 20.5 Å². The van der Waals surface area contributed by atoms with Gasteiger partial charge in [0.1, 0.15) is 24.9 Å². The van der Waals surface area contributed by atoms with E-state index in [9.17, 15) is 9.59 Å². The highest BCUT2D eigenvalue weighted by molar-refractivity contribution is 5.66. The molecule has 3 heterocycles. The van der Waals surface area contributed by atoms with Gasteiger partial charge in [0.15, 0.2) is 6.79 Å². The molecule has 3 rings (SSSR count). The number of rotatable bonds is 4. The highest BCUT2D eigenvalue weighted by atomic mass is 16.8. The molecular weight excluding hydrogens is 336 g/mol. The first-order valence-electron chi connectivity index (χ1n) is 8.25. The predicted molar refractivity (Wildman–Crippen MR) is 80.5 cm³/mol. The Morgan fingerprint density at radius 2 is 2.04 bits per heavy atom. The molecule has 9 heteroatoms. The second-order valence-electron chi connectivity index (χ2n) is 7.00. The van der Waals surface area contributed by atoms with E-state index >= 15 is 0 Å². The molecular formula is C16H24O9. The lowest BCUT2D eigenvalue weighted by Gasteiger charge is -2.53. The van der Waals surface area contributed by atoms with Gasteiger partial charge in [-0.2, -0.15) is 0 Å². The molecule has 3 fully saturated rings. The summed E-state index contributed by atoms with van der Waals surface area (Å²) in [5.41, 5.74) is -0.441. The van der Waals surface area contributed by atoms with Gasteiger partial charge in [-0.3, -0.25) is 4.79 Å². The van der Waals surface area contributed by atoms with Crippen molar-refractivity contribution in [1.29, 1.82) is 0 Å². The maximum Gasteiger partial charge on any atom is 0.508 e. The number of ether oxygens (including phenoxy) is 7. The van der Waals surface area contributed by atoms with Crippen molar-refractivity contribution in [3.8, 4) is 0 Å². The van der Waals surface area contributed by atoms with E-state index in [0.717, 1.165) is 0 Å². The molecule has 0 aromatic rings. The van der Waals surface area contributed by atoms with Crippen LogP contribution in [0.2, 0.25) is 0 Å². The second kappa shape index (κ2) is 7.06. The lowest BCUT2D eigenvalue weighted by atomic mass is 9.72. The first-order chi connectivity index (χ1) is 11.8. The van der Waals surface area contributed by atoms with Gasteiger partial charge >= 0.3 is 12.1 Å². The molecule has 0 radical (unpaired) electrons. The average Bonchev–Trinajstić information content (AvgIpc) is 2.93. The fourth-order valence-corrected chi connectivity index (χ4v) is 3.68. The zero-order chi connectivity index (χ0) is 18.2. The van der Waals surface area contributed by atoms with Gasteiger partial charge in [0.2, 0.25) is 6.29 Å². The molecule has 6 atom stereocenters. The summed E-state index contributed by atoms with van der Waals surface area (Å²) in [6, 6.07) is 0. The summed E-state index contributed by atoms with van der Waals surface area (Å²) in [7, 11) is 1.60. The predicted octanol–water partition coefficient (Wildman–Crippen LogP) is 0.983. The average molecular weight is 360 g/mol. The third-order valence-corrected chi connectivity index (χ3v) is 4.93. The highest BCUT2D eigenvalue weighted by Crippen LogP contribution is 2.44. The number of methoxy groups -OCH3 is 1. The maximum atomic E-state index is 11.4. The monoisotopic (exact) mass is 360 g/mol. The Balaban J connectivity index is 1.80. The van der Waals surface area contributed by atoms with Crippen LogP contribution in [0.4, 0.5) is 4.79 Å². The van der Waals surface area contributed by atoms with Gasteiger partial charge in [-0.15, -0.1) is 0 Å². The smallest absolute Gasteiger partial charge is 0.433 e. The Morgan fingerprint density at radius 3 is 2.64 bits per heavy atom. The zero-order valence-electron chi connectivity index (χ0n) is 14.8. The molecule has 142 valence electrons. The van der Waals surface area contributed by atoms with Gasteiger partial charge in [-0.25, -0.2) is 4.79 Å². The number of fused-ring (bicyclic) bond motifs is 1. The Morgan fingerprint density at radius 1 is 1.28 bits per heavy atom. The number of esters is 1. The van der Waals surface area contributed by atoms with E-state index in [0.29, 0.717) is 6.42 Å². The summed E-state index contributed by atoms with van der Waals surface area (Å²) in [6.45, 7) is 5.47. The van der Waals surface area contributed by atoms with Crippen LogP contribution in [-0.2, 0) is 38.0 Å². The fraction of sp³-hybridized carbons (Fsp3) is 0.875. The number of carbonyl (C=O) groups excluding carboxylic acids is 2. The molecule has 0 bridgehead atoms. The van der Waals surface area contributed by atoms with E-state index < -0.39 is 42.1 Å². The molecule has 3 aliphatic heterocycles. The SMILES string of the molecule is CO[C@H]1[C@@H]2OCO[C@H](OC(C)=O)[C@@H]2O[C@@H](C[C@@H]2COC(=O)O2)C1(C)C. The quantitative estimate of drug-likeness (QED) is 0.679. The standard InChI is InChI=1S/C16H24O9/c1-8(17)23-14-12-11(21-7-22-14)13(19-4)16(2,3)10(25-12)5-9-6-20-15(18)24-9/h9-14H,5-7H2,1-4H3/t9-,10+,11-,12-,13+,14-/m1/s1. The maximum absolute atomic E-state index is 11.4. The van der Waals surface area contributed by atoms with Crippen LogP contribution >= 0.6 is 0 Å². The molecule has 0 amide bonds. The van der Waals surface area contributed by atoms with E-state index in [1.54, 1.807) is 7.11 Å². The number of hydrogen-bond acceptors (Lipinski definition) is 9. The Bertz CT molecular complexity index is 520. The molecule has 3 saturated heterocycles. The topological polar surface area (TPSA) is 98.8 Å². The molecule has 0 aliphatic carbocycles. The summed E-state index contributed by atoms with van der Waals surface area (Å²) in [5.74, 6) is -0.470. The minimum atomic E-state index is -0.880. The van der Waals surface area contributed by atoms with Gasteiger partial charge in [0.05, 0.1) is 12.2 Å². The Labute approximate surface area is 145 Å². The van der Waals surface area contributed by atoms with Crippen LogP contribution in [0.5, 0.6) is 0 Å². The molecule has 0 N–H and O–H groups in total. The molecule has 0 unspecified atom stereocenters. The van der Waals surface area contributed by atoms with E-state index in [4.69, 9.17) is 33.2 Å². The van der Waals surface area contributed by atoms with Crippen molar-refractivity contribution in [3.05, 3.63) is 0 Å². The van der Waals surface area contributed by atoms with Crippen molar-refractivity contribution in [1.82, 2.24) is 0 Å². The van der Waals surface area contributed by atoms with Crippen LogP contribution < -0.4 is 0 Å². The largest absolute Gasteiger partial charge is 0.508 e. The van der Waals surface area contributed by atoms with Gasteiger partial charge in [0, 0.05) is 25.9 Å². The minimum absolute atomic E-state index is 0.0167.